The predicted octanol–water partition coefficient (Wildman–Crippen LogP) is 0.333. The number of carbonyl (C=O) groups excluding carboxylic acids is 2. The van der Waals surface area contributed by atoms with E-state index < -0.39 is 18.1 Å². The molecule has 0 aromatic heterocycles. The number of nitrogens with two attached hydrogens (primary N) is 2. The molecule has 2 aromatic rings. The van der Waals surface area contributed by atoms with Crippen molar-refractivity contribution in [3.63, 3.8) is 0 Å². The Morgan fingerprint density at radius 2 is 1.62 bits per heavy atom. The number of hydrogen-bond acceptors (Lipinski definition) is 4. The van der Waals surface area contributed by atoms with Crippen LogP contribution in [0, 0.1) is 0 Å². The number of hydrogen-bond donors (Lipinski definition) is 4. The highest BCUT2D eigenvalue weighted by Crippen LogP contribution is 2.09. The molecule has 0 heterocycles. The Balaban J connectivity index is 2.14. The molecule has 126 valence electrons. The zero-order chi connectivity index (χ0) is 17.5. The molecule has 0 bridgehead atoms. The van der Waals surface area contributed by atoms with E-state index in [1.165, 1.54) is 0 Å². The van der Waals surface area contributed by atoms with Gasteiger partial charge < -0.3 is 21.9 Å². The first kappa shape index (κ1) is 17.7. The van der Waals surface area contributed by atoms with Crippen molar-refractivity contribution < 1.29 is 14.7 Å². The molecule has 1 unspecified atom stereocenters. The Labute approximate surface area is 140 Å². The van der Waals surface area contributed by atoms with Gasteiger partial charge in [0.2, 0.25) is 5.91 Å². The van der Waals surface area contributed by atoms with E-state index in [0.717, 1.165) is 11.1 Å². The second-order valence-electron chi connectivity index (χ2n) is 5.52. The minimum atomic E-state index is -1.47. The molecule has 0 fully saturated rings. The van der Waals surface area contributed by atoms with Crippen LogP contribution in [-0.2, 0) is 17.8 Å². The normalized spacial score (nSPS) is 13.1. The highest BCUT2D eigenvalue weighted by atomic mass is 16.3. The van der Waals surface area contributed by atoms with Crippen molar-refractivity contribution >= 4 is 11.8 Å². The maximum absolute atomic E-state index is 12.4. The van der Waals surface area contributed by atoms with E-state index in [-0.39, 0.29) is 12.3 Å². The van der Waals surface area contributed by atoms with E-state index in [9.17, 15) is 14.7 Å². The molecule has 0 radical (unpaired) electrons. The summed E-state index contributed by atoms with van der Waals surface area (Å²) in [5.41, 5.74) is 12.9. The number of rotatable bonds is 7. The van der Waals surface area contributed by atoms with Crippen LogP contribution >= 0.6 is 0 Å². The third-order valence-corrected chi connectivity index (χ3v) is 3.74. The van der Waals surface area contributed by atoms with Gasteiger partial charge in [0.15, 0.2) is 6.10 Å². The first-order chi connectivity index (χ1) is 11.5. The molecule has 2 amide bonds. The fourth-order valence-corrected chi connectivity index (χ4v) is 2.35. The number of aliphatic hydroxyl groups is 1. The topological polar surface area (TPSA) is 118 Å². The van der Waals surface area contributed by atoms with Gasteiger partial charge in [-0.3, -0.25) is 9.59 Å². The molecule has 0 aliphatic heterocycles. The molecule has 2 atom stereocenters. The molecule has 2 aromatic carbocycles. The van der Waals surface area contributed by atoms with E-state index in [1.54, 1.807) is 24.3 Å². The minimum Gasteiger partial charge on any atom is -0.381 e. The van der Waals surface area contributed by atoms with Gasteiger partial charge in [-0.1, -0.05) is 42.5 Å². The molecule has 6 N–H and O–H groups in total. The van der Waals surface area contributed by atoms with Gasteiger partial charge in [0.1, 0.15) is 0 Å². The Kier molecular flexibility index (Phi) is 6.06. The summed E-state index contributed by atoms with van der Waals surface area (Å²) in [4.78, 5) is 23.7. The zero-order valence-corrected chi connectivity index (χ0v) is 13.2. The molecule has 0 spiro atoms. The van der Waals surface area contributed by atoms with E-state index in [4.69, 9.17) is 11.5 Å². The van der Waals surface area contributed by atoms with Gasteiger partial charge in [0, 0.05) is 12.1 Å². The Bertz CT molecular complexity index is 686. The zero-order valence-electron chi connectivity index (χ0n) is 13.2. The van der Waals surface area contributed by atoms with Gasteiger partial charge in [-0.05, 0) is 29.7 Å². The summed E-state index contributed by atoms with van der Waals surface area (Å²) in [6.07, 6.45) is -1.19. The SMILES string of the molecule is NCc1ccc(C(=O)NC(Cc2ccccc2)[C@H](O)C(N)=O)cc1. The third kappa shape index (κ3) is 4.65. The summed E-state index contributed by atoms with van der Waals surface area (Å²) >= 11 is 0. The molecular weight excluding hydrogens is 306 g/mol. The second-order valence-corrected chi connectivity index (χ2v) is 5.52. The number of carbonyl (C=O) groups is 2. The van der Waals surface area contributed by atoms with Crippen LogP contribution in [-0.4, -0.2) is 29.1 Å². The van der Waals surface area contributed by atoms with Crippen LogP contribution in [0.5, 0.6) is 0 Å². The van der Waals surface area contributed by atoms with Crippen LogP contribution in [0.15, 0.2) is 54.6 Å². The molecule has 24 heavy (non-hydrogen) atoms. The fourth-order valence-electron chi connectivity index (χ4n) is 2.35. The van der Waals surface area contributed by atoms with E-state index >= 15 is 0 Å². The van der Waals surface area contributed by atoms with E-state index in [0.29, 0.717) is 12.1 Å². The third-order valence-electron chi connectivity index (χ3n) is 3.74. The summed E-state index contributed by atoms with van der Waals surface area (Å²) in [7, 11) is 0. The predicted molar refractivity (Wildman–Crippen MR) is 90.9 cm³/mol. The van der Waals surface area contributed by atoms with Crippen LogP contribution in [0.4, 0.5) is 0 Å². The summed E-state index contributed by atoms with van der Waals surface area (Å²) < 4.78 is 0. The van der Waals surface area contributed by atoms with E-state index in [1.807, 2.05) is 30.3 Å². The summed E-state index contributed by atoms with van der Waals surface area (Å²) in [5, 5.41) is 12.7. The molecule has 2 rings (SSSR count). The van der Waals surface area contributed by atoms with Crippen molar-refractivity contribution in [1.82, 2.24) is 5.32 Å². The molecule has 6 nitrogen and oxygen atoms in total. The molecule has 6 heteroatoms. The van der Waals surface area contributed by atoms with Gasteiger partial charge in [0.25, 0.3) is 5.91 Å². The van der Waals surface area contributed by atoms with Gasteiger partial charge in [-0.25, -0.2) is 0 Å². The van der Waals surface area contributed by atoms with Crippen molar-refractivity contribution in [2.45, 2.75) is 25.1 Å². The largest absolute Gasteiger partial charge is 0.381 e. The Hall–Kier alpha value is -2.70. The summed E-state index contributed by atoms with van der Waals surface area (Å²) in [5.74, 6) is -1.27. The molecule has 0 saturated heterocycles. The maximum Gasteiger partial charge on any atom is 0.251 e. The number of primary amides is 1. The van der Waals surface area contributed by atoms with Gasteiger partial charge in [-0.2, -0.15) is 0 Å². The number of nitrogens with one attached hydrogen (secondary N) is 1. The average molecular weight is 327 g/mol. The van der Waals surface area contributed by atoms with Crippen molar-refractivity contribution in [2.75, 3.05) is 0 Å². The quantitative estimate of drug-likeness (QED) is 0.586. The number of aliphatic hydroxyl groups excluding tert-OH is 1. The first-order valence-electron chi connectivity index (χ1n) is 7.62. The van der Waals surface area contributed by atoms with Crippen molar-refractivity contribution in [3.8, 4) is 0 Å². The average Bonchev–Trinajstić information content (AvgIpc) is 2.61. The molecule has 0 aliphatic rings. The van der Waals surface area contributed by atoms with Crippen molar-refractivity contribution in [3.05, 3.63) is 71.3 Å². The van der Waals surface area contributed by atoms with Crippen LogP contribution in [0.3, 0.4) is 0 Å². The number of amides is 2. The summed E-state index contributed by atoms with van der Waals surface area (Å²) in [6, 6.07) is 15.2. The van der Waals surface area contributed by atoms with Gasteiger partial charge in [-0.15, -0.1) is 0 Å². The van der Waals surface area contributed by atoms with Crippen LogP contribution in [0.1, 0.15) is 21.5 Å². The Morgan fingerprint density at radius 3 is 2.17 bits per heavy atom. The monoisotopic (exact) mass is 327 g/mol. The first-order valence-corrected chi connectivity index (χ1v) is 7.62. The van der Waals surface area contributed by atoms with Crippen LogP contribution in [0.25, 0.3) is 0 Å². The molecule has 0 aliphatic carbocycles. The van der Waals surface area contributed by atoms with Crippen LogP contribution in [0.2, 0.25) is 0 Å². The lowest BCUT2D eigenvalue weighted by Gasteiger charge is -2.22. The maximum atomic E-state index is 12.4. The minimum absolute atomic E-state index is 0.289. The standard InChI is InChI=1S/C18H21N3O3/c19-11-13-6-8-14(9-7-13)18(24)21-15(16(22)17(20)23)10-12-4-2-1-3-5-12/h1-9,15-16,22H,10-11,19H2,(H2,20,23)(H,21,24)/t15?,16-/m0/s1. The van der Waals surface area contributed by atoms with Crippen molar-refractivity contribution in [1.29, 1.82) is 0 Å². The fraction of sp³-hybridized carbons (Fsp3) is 0.222. The van der Waals surface area contributed by atoms with Crippen LogP contribution < -0.4 is 16.8 Å². The highest BCUT2D eigenvalue weighted by Gasteiger charge is 2.26. The number of benzene rings is 2. The van der Waals surface area contributed by atoms with Gasteiger partial charge >= 0.3 is 0 Å². The lowest BCUT2D eigenvalue weighted by Crippen LogP contribution is -2.50. The lowest BCUT2D eigenvalue weighted by molar-refractivity contribution is -0.127. The second kappa shape index (κ2) is 8.24. The molecule has 0 saturated carbocycles. The highest BCUT2D eigenvalue weighted by molar-refractivity contribution is 5.95. The van der Waals surface area contributed by atoms with Gasteiger partial charge in [0.05, 0.1) is 6.04 Å². The Morgan fingerprint density at radius 1 is 1.00 bits per heavy atom. The molecular formula is C18H21N3O3. The lowest BCUT2D eigenvalue weighted by atomic mass is 10.00. The summed E-state index contributed by atoms with van der Waals surface area (Å²) in [6.45, 7) is 0.388. The van der Waals surface area contributed by atoms with Crippen molar-refractivity contribution in [2.24, 2.45) is 11.5 Å². The van der Waals surface area contributed by atoms with E-state index in [2.05, 4.69) is 5.32 Å². The smallest absolute Gasteiger partial charge is 0.251 e.